The van der Waals surface area contributed by atoms with Crippen LogP contribution in [0.5, 0.6) is 0 Å². The molecular formula is C13H20N2O. The largest absolute Gasteiger partial charge is 0.346 e. The second-order valence-electron chi connectivity index (χ2n) is 5.16. The average Bonchev–Trinajstić information content (AvgIpc) is 2.82. The Morgan fingerprint density at radius 3 is 2.31 bits per heavy atom. The quantitative estimate of drug-likeness (QED) is 0.713. The van der Waals surface area contributed by atoms with E-state index < -0.39 is 5.54 Å². The Morgan fingerprint density at radius 1 is 1.12 bits per heavy atom. The average molecular weight is 220 g/mol. The van der Waals surface area contributed by atoms with E-state index >= 15 is 0 Å². The highest BCUT2D eigenvalue weighted by Gasteiger charge is 2.46. The molecule has 16 heavy (non-hydrogen) atoms. The van der Waals surface area contributed by atoms with Crippen LogP contribution in [0, 0.1) is 6.57 Å². The van der Waals surface area contributed by atoms with Gasteiger partial charge in [-0.25, -0.2) is 6.57 Å². The van der Waals surface area contributed by atoms with E-state index in [1.165, 1.54) is 19.3 Å². The van der Waals surface area contributed by atoms with Gasteiger partial charge in [-0.05, 0) is 25.7 Å². The maximum Gasteiger partial charge on any atom is 0.308 e. The van der Waals surface area contributed by atoms with Crippen LogP contribution in [0.25, 0.3) is 4.85 Å². The highest BCUT2D eigenvalue weighted by molar-refractivity contribution is 5.88. The van der Waals surface area contributed by atoms with Gasteiger partial charge < -0.3 is 5.32 Å². The first kappa shape index (κ1) is 11.4. The Morgan fingerprint density at radius 2 is 1.75 bits per heavy atom. The zero-order chi connectivity index (χ0) is 11.4. The van der Waals surface area contributed by atoms with E-state index in [0.29, 0.717) is 6.04 Å². The minimum atomic E-state index is -0.721. The number of nitrogens with one attached hydrogen (secondary N) is 1. The van der Waals surface area contributed by atoms with Crippen molar-refractivity contribution in [3.05, 3.63) is 11.4 Å². The summed E-state index contributed by atoms with van der Waals surface area (Å²) in [7, 11) is 0. The number of amides is 1. The summed E-state index contributed by atoms with van der Waals surface area (Å²) in [5, 5.41) is 3.09. The number of hydrogen-bond acceptors (Lipinski definition) is 1. The van der Waals surface area contributed by atoms with Gasteiger partial charge >= 0.3 is 11.4 Å². The van der Waals surface area contributed by atoms with Gasteiger partial charge in [0.15, 0.2) is 0 Å². The van der Waals surface area contributed by atoms with E-state index in [1.807, 2.05) is 0 Å². The first-order valence-corrected chi connectivity index (χ1v) is 6.46. The fourth-order valence-corrected chi connectivity index (χ4v) is 2.92. The lowest BCUT2D eigenvalue weighted by atomic mass is 9.81. The van der Waals surface area contributed by atoms with Crippen LogP contribution >= 0.6 is 0 Å². The molecule has 0 aromatic rings. The molecule has 0 unspecified atom stereocenters. The van der Waals surface area contributed by atoms with Gasteiger partial charge in [0.25, 0.3) is 0 Å². The molecule has 0 atom stereocenters. The van der Waals surface area contributed by atoms with Gasteiger partial charge in [0.1, 0.15) is 0 Å². The van der Waals surface area contributed by atoms with Crippen LogP contribution in [0.2, 0.25) is 0 Å². The summed E-state index contributed by atoms with van der Waals surface area (Å²) < 4.78 is 0. The van der Waals surface area contributed by atoms with Crippen molar-refractivity contribution < 1.29 is 4.79 Å². The Hall–Kier alpha value is -1.04. The lowest BCUT2D eigenvalue weighted by Crippen LogP contribution is -2.48. The molecule has 2 fully saturated rings. The fraction of sp³-hybridized carbons (Fsp3) is 0.846. The second-order valence-corrected chi connectivity index (χ2v) is 5.16. The first-order chi connectivity index (χ1) is 7.77. The van der Waals surface area contributed by atoms with Crippen LogP contribution < -0.4 is 5.32 Å². The van der Waals surface area contributed by atoms with Crippen LogP contribution in [-0.2, 0) is 4.79 Å². The highest BCUT2D eigenvalue weighted by Crippen LogP contribution is 2.32. The molecule has 1 N–H and O–H groups in total. The summed E-state index contributed by atoms with van der Waals surface area (Å²) in [6, 6.07) is 0.341. The van der Waals surface area contributed by atoms with Crippen LogP contribution in [0.4, 0.5) is 0 Å². The number of carbonyl (C=O) groups is 1. The van der Waals surface area contributed by atoms with E-state index in [9.17, 15) is 4.79 Å². The third-order valence-electron chi connectivity index (χ3n) is 4.01. The van der Waals surface area contributed by atoms with Gasteiger partial charge in [-0.2, -0.15) is 0 Å². The molecule has 0 aromatic carbocycles. The van der Waals surface area contributed by atoms with Crippen molar-refractivity contribution in [2.75, 3.05) is 0 Å². The van der Waals surface area contributed by atoms with E-state index in [1.54, 1.807) is 0 Å². The van der Waals surface area contributed by atoms with E-state index in [0.717, 1.165) is 38.5 Å². The molecule has 0 radical (unpaired) electrons. The molecule has 2 aliphatic rings. The summed E-state index contributed by atoms with van der Waals surface area (Å²) in [6.07, 6.45) is 9.38. The third-order valence-corrected chi connectivity index (χ3v) is 4.01. The van der Waals surface area contributed by atoms with Gasteiger partial charge in [-0.3, -0.25) is 9.64 Å². The fourth-order valence-electron chi connectivity index (χ4n) is 2.92. The topological polar surface area (TPSA) is 33.5 Å². The van der Waals surface area contributed by atoms with Crippen LogP contribution in [0.3, 0.4) is 0 Å². The zero-order valence-electron chi connectivity index (χ0n) is 9.80. The molecule has 0 aliphatic heterocycles. The predicted octanol–water partition coefficient (Wildman–Crippen LogP) is 2.67. The van der Waals surface area contributed by atoms with E-state index in [-0.39, 0.29) is 5.91 Å². The van der Waals surface area contributed by atoms with Gasteiger partial charge in [0, 0.05) is 18.9 Å². The minimum Gasteiger partial charge on any atom is -0.346 e. The lowest BCUT2D eigenvalue weighted by Gasteiger charge is -2.26. The molecule has 2 aliphatic carbocycles. The minimum absolute atomic E-state index is 0.00843. The Kier molecular flexibility index (Phi) is 3.48. The van der Waals surface area contributed by atoms with Crippen molar-refractivity contribution in [1.82, 2.24) is 5.32 Å². The maximum absolute atomic E-state index is 12.2. The number of hydrogen-bond donors (Lipinski definition) is 1. The van der Waals surface area contributed by atoms with E-state index in [2.05, 4.69) is 10.2 Å². The normalized spacial score (nSPS) is 24.9. The molecule has 1 amide bonds. The number of rotatable bonds is 2. The lowest BCUT2D eigenvalue weighted by molar-refractivity contribution is -0.126. The van der Waals surface area contributed by atoms with Crippen molar-refractivity contribution in [1.29, 1.82) is 0 Å². The van der Waals surface area contributed by atoms with Gasteiger partial charge in [-0.1, -0.05) is 19.3 Å². The number of nitrogens with zero attached hydrogens (tertiary/aromatic N) is 1. The maximum atomic E-state index is 12.2. The molecule has 0 bridgehead atoms. The summed E-state index contributed by atoms with van der Waals surface area (Å²) in [5.74, 6) is 0.00843. The molecule has 0 aromatic heterocycles. The molecule has 2 rings (SSSR count). The Labute approximate surface area is 97.4 Å². The van der Waals surface area contributed by atoms with E-state index in [4.69, 9.17) is 6.57 Å². The Bertz CT molecular complexity index is 294. The van der Waals surface area contributed by atoms with Crippen molar-refractivity contribution in [3.8, 4) is 0 Å². The molecule has 3 heteroatoms. The predicted molar refractivity (Wildman–Crippen MR) is 62.8 cm³/mol. The zero-order valence-corrected chi connectivity index (χ0v) is 9.80. The second kappa shape index (κ2) is 4.86. The molecule has 88 valence electrons. The van der Waals surface area contributed by atoms with Crippen LogP contribution in [0.15, 0.2) is 0 Å². The summed E-state index contributed by atoms with van der Waals surface area (Å²) >= 11 is 0. The molecule has 2 saturated carbocycles. The number of carbonyl (C=O) groups excluding carboxylic acids is 1. The summed E-state index contributed by atoms with van der Waals surface area (Å²) in [4.78, 5) is 15.8. The smallest absolute Gasteiger partial charge is 0.308 e. The highest BCUT2D eigenvalue weighted by atomic mass is 16.2. The molecule has 0 heterocycles. The molecule has 3 nitrogen and oxygen atoms in total. The van der Waals surface area contributed by atoms with Crippen molar-refractivity contribution in [2.24, 2.45) is 0 Å². The first-order valence-electron chi connectivity index (χ1n) is 6.46. The van der Waals surface area contributed by atoms with Gasteiger partial charge in [0.2, 0.25) is 0 Å². The third kappa shape index (κ3) is 2.21. The van der Waals surface area contributed by atoms with Crippen molar-refractivity contribution >= 4 is 5.91 Å². The van der Waals surface area contributed by atoms with Crippen LogP contribution in [0.1, 0.15) is 57.8 Å². The standard InChI is InChI=1S/C13H20N2O/c1-14-13(9-5-2-6-10-13)12(16)15-11-7-3-4-8-11/h11H,2-10H2,(H,15,16). The van der Waals surface area contributed by atoms with Crippen molar-refractivity contribution in [2.45, 2.75) is 69.4 Å². The van der Waals surface area contributed by atoms with Crippen molar-refractivity contribution in [3.63, 3.8) is 0 Å². The van der Waals surface area contributed by atoms with Crippen LogP contribution in [-0.4, -0.2) is 17.5 Å². The molecule has 0 spiro atoms. The van der Waals surface area contributed by atoms with Gasteiger partial charge in [0.05, 0.1) is 0 Å². The molecular weight excluding hydrogens is 200 g/mol. The summed E-state index contributed by atoms with van der Waals surface area (Å²) in [5.41, 5.74) is -0.721. The molecule has 0 saturated heterocycles. The monoisotopic (exact) mass is 220 g/mol. The van der Waals surface area contributed by atoms with Gasteiger partial charge in [-0.15, -0.1) is 0 Å². The summed E-state index contributed by atoms with van der Waals surface area (Å²) in [6.45, 7) is 7.31. The Balaban J connectivity index is 1.97. The SMILES string of the molecule is [C-]#[N+]C1(C(=O)NC2CCCC2)CCCCC1.